The van der Waals surface area contributed by atoms with Gasteiger partial charge in [0.1, 0.15) is 0 Å². The Balaban J connectivity index is 1.55. The summed E-state index contributed by atoms with van der Waals surface area (Å²) in [6, 6.07) is 10.4. The van der Waals surface area contributed by atoms with E-state index in [4.69, 9.17) is 16.3 Å². The minimum absolute atomic E-state index is 0.146. The van der Waals surface area contributed by atoms with E-state index in [2.05, 4.69) is 15.5 Å². The molecule has 0 spiro atoms. The standard InChI is InChI=1S/C23H27ClN2O2/c24-19-3-1-2-17(12-19)21-13-18-15-25(20-7-10-28-11-8-20)9-6-22(18)26(23(21)27)14-16-4-5-16/h1-3,12-13,16,20H,4-11,14-15H2. The molecule has 0 atom stereocenters. The van der Waals surface area contributed by atoms with E-state index in [0.717, 1.165) is 63.2 Å². The third-order valence-electron chi connectivity index (χ3n) is 6.48. The molecule has 2 aromatic rings. The van der Waals surface area contributed by atoms with Crippen LogP contribution in [0.3, 0.4) is 0 Å². The predicted octanol–water partition coefficient (Wildman–Crippen LogP) is 4.12. The summed E-state index contributed by atoms with van der Waals surface area (Å²) in [4.78, 5) is 16.0. The van der Waals surface area contributed by atoms with Gasteiger partial charge in [0.2, 0.25) is 0 Å². The highest BCUT2D eigenvalue weighted by Crippen LogP contribution is 2.33. The summed E-state index contributed by atoms with van der Waals surface area (Å²) in [7, 11) is 0. The van der Waals surface area contributed by atoms with Crippen LogP contribution >= 0.6 is 11.6 Å². The molecule has 1 aromatic carbocycles. The number of fused-ring (bicyclic) bond motifs is 1. The van der Waals surface area contributed by atoms with E-state index < -0.39 is 0 Å². The number of aromatic nitrogens is 1. The number of hydrogen-bond donors (Lipinski definition) is 0. The van der Waals surface area contributed by atoms with Gasteiger partial charge in [-0.05, 0) is 60.9 Å². The zero-order valence-electron chi connectivity index (χ0n) is 16.2. The van der Waals surface area contributed by atoms with E-state index in [1.807, 2.05) is 24.3 Å². The maximum absolute atomic E-state index is 13.4. The Morgan fingerprint density at radius 3 is 2.68 bits per heavy atom. The molecule has 2 fully saturated rings. The highest BCUT2D eigenvalue weighted by atomic mass is 35.5. The van der Waals surface area contributed by atoms with Crippen LogP contribution in [0.5, 0.6) is 0 Å². The number of rotatable bonds is 4. The van der Waals surface area contributed by atoms with Crippen LogP contribution in [0, 0.1) is 5.92 Å². The van der Waals surface area contributed by atoms with Crippen molar-refractivity contribution < 1.29 is 4.74 Å². The van der Waals surface area contributed by atoms with E-state index in [0.29, 0.717) is 17.0 Å². The smallest absolute Gasteiger partial charge is 0.258 e. The van der Waals surface area contributed by atoms with E-state index in [1.54, 1.807) is 0 Å². The highest BCUT2D eigenvalue weighted by Gasteiger charge is 2.30. The maximum Gasteiger partial charge on any atom is 0.258 e. The molecule has 148 valence electrons. The normalized spacial score (nSPS) is 20.9. The van der Waals surface area contributed by atoms with Crippen molar-refractivity contribution in [1.29, 1.82) is 0 Å². The summed E-state index contributed by atoms with van der Waals surface area (Å²) in [5, 5.41) is 0.673. The van der Waals surface area contributed by atoms with Crippen LogP contribution in [-0.2, 0) is 24.2 Å². The zero-order valence-corrected chi connectivity index (χ0v) is 17.0. The lowest BCUT2D eigenvalue weighted by atomic mass is 9.96. The number of halogens is 1. The Labute approximate surface area is 171 Å². The molecule has 1 aliphatic carbocycles. The fraction of sp³-hybridized carbons (Fsp3) is 0.522. The molecule has 3 aliphatic rings. The summed E-state index contributed by atoms with van der Waals surface area (Å²) >= 11 is 6.22. The zero-order chi connectivity index (χ0) is 19.1. The van der Waals surface area contributed by atoms with Gasteiger partial charge in [0.15, 0.2) is 0 Å². The number of pyridine rings is 1. The third-order valence-corrected chi connectivity index (χ3v) is 6.72. The predicted molar refractivity (Wildman–Crippen MR) is 112 cm³/mol. The average Bonchev–Trinajstić information content (AvgIpc) is 3.54. The molecular formula is C23H27ClN2O2. The Morgan fingerprint density at radius 2 is 1.93 bits per heavy atom. The van der Waals surface area contributed by atoms with Crippen molar-refractivity contribution in [2.75, 3.05) is 19.8 Å². The summed E-state index contributed by atoms with van der Waals surface area (Å²) in [6.07, 6.45) is 5.68. The van der Waals surface area contributed by atoms with Crippen LogP contribution in [-0.4, -0.2) is 35.3 Å². The molecular weight excluding hydrogens is 372 g/mol. The van der Waals surface area contributed by atoms with Gasteiger partial charge < -0.3 is 9.30 Å². The molecule has 1 saturated carbocycles. The molecule has 2 aliphatic heterocycles. The van der Waals surface area contributed by atoms with Gasteiger partial charge in [0.25, 0.3) is 5.56 Å². The summed E-state index contributed by atoms with van der Waals surface area (Å²) < 4.78 is 7.64. The summed E-state index contributed by atoms with van der Waals surface area (Å²) in [6.45, 7) is 4.57. The number of nitrogens with zero attached hydrogens (tertiary/aromatic N) is 2. The quantitative estimate of drug-likeness (QED) is 0.777. The minimum Gasteiger partial charge on any atom is -0.381 e. The highest BCUT2D eigenvalue weighted by molar-refractivity contribution is 6.30. The third kappa shape index (κ3) is 3.66. The van der Waals surface area contributed by atoms with Crippen molar-refractivity contribution in [1.82, 2.24) is 9.47 Å². The van der Waals surface area contributed by atoms with Gasteiger partial charge in [-0.25, -0.2) is 0 Å². The van der Waals surface area contributed by atoms with Crippen LogP contribution in [0.2, 0.25) is 5.02 Å². The van der Waals surface area contributed by atoms with Gasteiger partial charge >= 0.3 is 0 Å². The van der Waals surface area contributed by atoms with Crippen LogP contribution in [0.25, 0.3) is 11.1 Å². The summed E-state index contributed by atoms with van der Waals surface area (Å²) in [5.41, 5.74) is 4.43. The molecule has 1 saturated heterocycles. The maximum atomic E-state index is 13.4. The molecule has 0 unspecified atom stereocenters. The van der Waals surface area contributed by atoms with E-state index in [1.165, 1.54) is 24.1 Å². The van der Waals surface area contributed by atoms with Crippen LogP contribution in [0.15, 0.2) is 35.1 Å². The lowest BCUT2D eigenvalue weighted by Gasteiger charge is -2.38. The monoisotopic (exact) mass is 398 g/mol. The van der Waals surface area contributed by atoms with Crippen LogP contribution in [0.4, 0.5) is 0 Å². The average molecular weight is 399 g/mol. The second-order valence-corrected chi connectivity index (χ2v) is 8.90. The lowest BCUT2D eigenvalue weighted by molar-refractivity contribution is 0.0285. The number of ether oxygens (including phenoxy) is 1. The Morgan fingerprint density at radius 1 is 1.11 bits per heavy atom. The molecule has 4 nitrogen and oxygen atoms in total. The first-order valence-corrected chi connectivity index (χ1v) is 10.9. The fourth-order valence-electron chi connectivity index (χ4n) is 4.72. The minimum atomic E-state index is 0.146. The number of benzene rings is 1. The van der Waals surface area contributed by atoms with Gasteiger partial charge in [-0.1, -0.05) is 23.7 Å². The van der Waals surface area contributed by atoms with Gasteiger partial charge in [-0.15, -0.1) is 0 Å². The fourth-order valence-corrected chi connectivity index (χ4v) is 4.91. The number of hydrogen-bond acceptors (Lipinski definition) is 3. The molecule has 0 radical (unpaired) electrons. The van der Waals surface area contributed by atoms with Crippen molar-refractivity contribution >= 4 is 11.6 Å². The molecule has 1 aromatic heterocycles. The Hall–Kier alpha value is -1.62. The Bertz CT molecular complexity index is 929. The SMILES string of the molecule is O=c1c(-c2cccc(Cl)c2)cc2c(n1CC1CC1)CCN(C1CCOCC1)C2. The molecule has 28 heavy (non-hydrogen) atoms. The van der Waals surface area contributed by atoms with Crippen LogP contribution < -0.4 is 5.56 Å². The molecule has 0 bridgehead atoms. The lowest BCUT2D eigenvalue weighted by Crippen LogP contribution is -2.44. The molecule has 3 heterocycles. The van der Waals surface area contributed by atoms with Gasteiger partial charge in [-0.2, -0.15) is 0 Å². The van der Waals surface area contributed by atoms with Gasteiger partial charge in [-0.3, -0.25) is 9.69 Å². The Kier molecular flexibility index (Phi) is 5.04. The van der Waals surface area contributed by atoms with Gasteiger partial charge in [0, 0.05) is 61.6 Å². The molecule has 5 heteroatoms. The summed E-state index contributed by atoms with van der Waals surface area (Å²) in [5.74, 6) is 0.671. The van der Waals surface area contributed by atoms with Crippen molar-refractivity contribution in [2.24, 2.45) is 5.92 Å². The van der Waals surface area contributed by atoms with Crippen LogP contribution in [0.1, 0.15) is 36.9 Å². The molecule has 5 rings (SSSR count). The van der Waals surface area contributed by atoms with Crippen molar-refractivity contribution in [3.63, 3.8) is 0 Å². The second kappa shape index (κ2) is 7.66. The topological polar surface area (TPSA) is 34.5 Å². The van der Waals surface area contributed by atoms with Gasteiger partial charge in [0.05, 0.1) is 0 Å². The molecule has 0 amide bonds. The second-order valence-electron chi connectivity index (χ2n) is 8.46. The van der Waals surface area contributed by atoms with E-state index in [9.17, 15) is 4.79 Å². The first-order valence-electron chi connectivity index (χ1n) is 10.5. The molecule has 0 N–H and O–H groups in total. The van der Waals surface area contributed by atoms with Crippen molar-refractivity contribution in [3.05, 3.63) is 57.0 Å². The van der Waals surface area contributed by atoms with Crippen molar-refractivity contribution in [3.8, 4) is 11.1 Å². The van der Waals surface area contributed by atoms with E-state index >= 15 is 0 Å². The van der Waals surface area contributed by atoms with E-state index in [-0.39, 0.29) is 5.56 Å². The van der Waals surface area contributed by atoms with Crippen molar-refractivity contribution in [2.45, 2.75) is 51.2 Å². The first-order chi connectivity index (χ1) is 13.7. The largest absolute Gasteiger partial charge is 0.381 e. The first kappa shape index (κ1) is 18.4.